The molecular formula is C35H20ClN. The Kier molecular flexibility index (Phi) is 3.59. The summed E-state index contributed by atoms with van der Waals surface area (Å²) in [6.07, 6.45) is 0. The summed E-state index contributed by atoms with van der Waals surface area (Å²) >= 11 is 6.78. The molecule has 37 heavy (non-hydrogen) atoms. The van der Waals surface area contributed by atoms with Gasteiger partial charge in [0.15, 0.2) is 0 Å². The van der Waals surface area contributed by atoms with E-state index in [2.05, 4.69) is 120 Å². The first-order valence-corrected chi connectivity index (χ1v) is 13.1. The summed E-state index contributed by atoms with van der Waals surface area (Å²) in [4.78, 5) is 0. The topological polar surface area (TPSA) is 4.93 Å². The maximum absolute atomic E-state index is 6.78. The van der Waals surface area contributed by atoms with Crippen LogP contribution < -0.4 is 0 Å². The number of nitrogens with zero attached hydrogens (tertiary/aromatic N) is 1. The zero-order valence-corrected chi connectivity index (χ0v) is 20.6. The highest BCUT2D eigenvalue weighted by molar-refractivity contribution is 6.31. The van der Waals surface area contributed by atoms with Gasteiger partial charge in [0.2, 0.25) is 0 Å². The molecule has 2 heterocycles. The van der Waals surface area contributed by atoms with Crippen LogP contribution in [0.2, 0.25) is 5.02 Å². The lowest BCUT2D eigenvalue weighted by molar-refractivity contribution is 0.749. The minimum absolute atomic E-state index is 0.458. The summed E-state index contributed by atoms with van der Waals surface area (Å²) in [5, 5.41) is 5.90. The van der Waals surface area contributed by atoms with Crippen LogP contribution in [0.1, 0.15) is 22.3 Å². The number of aromatic nitrogens is 1. The Bertz CT molecular complexity index is 2110. The Morgan fingerprint density at radius 3 is 2.24 bits per heavy atom. The van der Waals surface area contributed by atoms with E-state index in [1.165, 1.54) is 71.6 Å². The van der Waals surface area contributed by atoms with Crippen LogP contribution in [0, 0.1) is 0 Å². The molecule has 1 aromatic heterocycles. The molecule has 0 bridgehead atoms. The molecular weight excluding hydrogens is 470 g/mol. The molecule has 1 spiro atoms. The smallest absolute Gasteiger partial charge is 0.0755 e. The minimum atomic E-state index is -0.458. The Labute approximate surface area is 219 Å². The van der Waals surface area contributed by atoms with Crippen molar-refractivity contribution in [3.05, 3.63) is 149 Å². The van der Waals surface area contributed by atoms with E-state index < -0.39 is 5.41 Å². The maximum atomic E-state index is 6.78. The third-order valence-electron chi connectivity index (χ3n) is 8.64. The van der Waals surface area contributed by atoms with Crippen LogP contribution in [0.25, 0.3) is 49.4 Å². The third kappa shape index (κ3) is 2.20. The molecule has 6 aromatic carbocycles. The predicted octanol–water partition coefficient (Wildman–Crippen LogP) is 9.27. The number of hydrogen-bond acceptors (Lipinski definition) is 0. The Morgan fingerprint density at radius 1 is 0.541 bits per heavy atom. The average molecular weight is 490 g/mol. The first-order valence-electron chi connectivity index (χ1n) is 12.7. The SMILES string of the molecule is Clc1ccc2c(c1)C1(c3ccccc3-n3c4ccccc4c4cccc1c43)c1ccc3ccccc3c1-2. The number of benzene rings is 6. The molecule has 0 saturated carbocycles. The number of halogens is 1. The van der Waals surface area contributed by atoms with Gasteiger partial charge in [-0.25, -0.2) is 0 Å². The fraction of sp³-hybridized carbons (Fsp3) is 0.0286. The van der Waals surface area contributed by atoms with Gasteiger partial charge in [-0.15, -0.1) is 0 Å². The third-order valence-corrected chi connectivity index (χ3v) is 8.87. The highest BCUT2D eigenvalue weighted by Crippen LogP contribution is 2.62. The van der Waals surface area contributed by atoms with E-state index in [1.54, 1.807) is 0 Å². The zero-order valence-electron chi connectivity index (χ0n) is 19.9. The van der Waals surface area contributed by atoms with Crippen molar-refractivity contribution in [3.63, 3.8) is 0 Å². The highest BCUT2D eigenvalue weighted by atomic mass is 35.5. The molecule has 0 fully saturated rings. The molecule has 2 aliphatic rings. The lowest BCUT2D eigenvalue weighted by Crippen LogP contribution is -2.33. The normalized spacial score (nSPS) is 16.9. The van der Waals surface area contributed by atoms with Crippen molar-refractivity contribution in [3.8, 4) is 16.8 Å². The van der Waals surface area contributed by atoms with Crippen LogP contribution in [0.3, 0.4) is 0 Å². The van der Waals surface area contributed by atoms with Crippen molar-refractivity contribution in [1.29, 1.82) is 0 Å². The van der Waals surface area contributed by atoms with Crippen molar-refractivity contribution in [2.24, 2.45) is 0 Å². The van der Waals surface area contributed by atoms with Crippen LogP contribution in [0.5, 0.6) is 0 Å². The summed E-state index contributed by atoms with van der Waals surface area (Å²) in [6.45, 7) is 0. The quantitative estimate of drug-likeness (QED) is 0.200. The Morgan fingerprint density at radius 2 is 1.30 bits per heavy atom. The Balaban J connectivity index is 1.59. The van der Waals surface area contributed by atoms with E-state index >= 15 is 0 Å². The van der Waals surface area contributed by atoms with Crippen molar-refractivity contribution < 1.29 is 0 Å². The van der Waals surface area contributed by atoms with Gasteiger partial charge in [0.05, 0.1) is 22.1 Å². The van der Waals surface area contributed by atoms with Crippen molar-refractivity contribution in [1.82, 2.24) is 4.57 Å². The van der Waals surface area contributed by atoms with Gasteiger partial charge >= 0.3 is 0 Å². The molecule has 0 radical (unpaired) electrons. The van der Waals surface area contributed by atoms with Gasteiger partial charge in [0.25, 0.3) is 0 Å². The monoisotopic (exact) mass is 489 g/mol. The summed E-state index contributed by atoms with van der Waals surface area (Å²) in [5.41, 5.74) is 11.1. The van der Waals surface area contributed by atoms with E-state index in [0.29, 0.717) is 0 Å². The number of hydrogen-bond donors (Lipinski definition) is 0. The fourth-order valence-electron chi connectivity index (χ4n) is 7.35. The van der Waals surface area contributed by atoms with Crippen molar-refractivity contribution >= 4 is 44.2 Å². The molecule has 1 aliphatic carbocycles. The molecule has 1 atom stereocenters. The molecule has 9 rings (SSSR count). The van der Waals surface area contributed by atoms with Gasteiger partial charge in [-0.3, -0.25) is 0 Å². The Hall–Kier alpha value is -4.33. The summed E-state index contributed by atoms with van der Waals surface area (Å²) in [7, 11) is 0. The maximum Gasteiger partial charge on any atom is 0.0755 e. The zero-order chi connectivity index (χ0) is 24.3. The predicted molar refractivity (Wildman–Crippen MR) is 154 cm³/mol. The first kappa shape index (κ1) is 19.8. The average Bonchev–Trinajstić information content (AvgIpc) is 3.43. The molecule has 172 valence electrons. The lowest BCUT2D eigenvalue weighted by Gasteiger charge is -2.39. The summed E-state index contributed by atoms with van der Waals surface area (Å²) in [5.74, 6) is 0. The van der Waals surface area contributed by atoms with Crippen LogP contribution >= 0.6 is 11.6 Å². The minimum Gasteiger partial charge on any atom is -0.309 e. The van der Waals surface area contributed by atoms with E-state index in [9.17, 15) is 0 Å². The van der Waals surface area contributed by atoms with Gasteiger partial charge in [-0.05, 0) is 68.4 Å². The van der Waals surface area contributed by atoms with E-state index in [4.69, 9.17) is 11.6 Å². The molecule has 0 amide bonds. The number of rotatable bonds is 0. The van der Waals surface area contributed by atoms with Gasteiger partial charge in [-0.1, -0.05) is 109 Å². The van der Waals surface area contributed by atoms with E-state index in [1.807, 2.05) is 6.07 Å². The van der Waals surface area contributed by atoms with E-state index in [-0.39, 0.29) is 0 Å². The van der Waals surface area contributed by atoms with Crippen LogP contribution in [0.15, 0.2) is 121 Å². The molecule has 0 saturated heterocycles. The van der Waals surface area contributed by atoms with Crippen LogP contribution in [-0.2, 0) is 5.41 Å². The summed E-state index contributed by atoms with van der Waals surface area (Å²) < 4.78 is 2.48. The molecule has 7 aromatic rings. The highest BCUT2D eigenvalue weighted by Gasteiger charge is 2.51. The van der Waals surface area contributed by atoms with E-state index in [0.717, 1.165) is 5.02 Å². The van der Waals surface area contributed by atoms with Gasteiger partial charge < -0.3 is 4.57 Å². The van der Waals surface area contributed by atoms with Gasteiger partial charge in [0.1, 0.15) is 0 Å². The second-order valence-corrected chi connectivity index (χ2v) is 10.7. The fourth-order valence-corrected chi connectivity index (χ4v) is 7.52. The molecule has 1 unspecified atom stereocenters. The molecule has 2 heteroatoms. The van der Waals surface area contributed by atoms with Crippen LogP contribution in [0.4, 0.5) is 0 Å². The standard InChI is InChI=1S/C35H20ClN/c36-22-17-18-26-30(20-22)35(28-19-16-21-8-1-2-9-23(21)33(26)28)27-12-4-6-15-32(27)37-31-14-5-3-10-24(31)25-11-7-13-29(35)34(25)37/h1-20H. The number of fused-ring (bicyclic) bond motifs is 14. The second kappa shape index (κ2) is 6.70. The molecule has 1 aliphatic heterocycles. The summed E-state index contributed by atoms with van der Waals surface area (Å²) in [6, 6.07) is 44.4. The molecule has 0 N–H and O–H groups in total. The van der Waals surface area contributed by atoms with Gasteiger partial charge in [-0.2, -0.15) is 0 Å². The first-order chi connectivity index (χ1) is 18.3. The largest absolute Gasteiger partial charge is 0.309 e. The lowest BCUT2D eigenvalue weighted by atomic mass is 9.65. The van der Waals surface area contributed by atoms with Crippen molar-refractivity contribution in [2.45, 2.75) is 5.41 Å². The second-order valence-electron chi connectivity index (χ2n) is 10.2. The number of para-hydroxylation sites is 3. The van der Waals surface area contributed by atoms with Crippen molar-refractivity contribution in [2.75, 3.05) is 0 Å². The van der Waals surface area contributed by atoms with Crippen LogP contribution in [-0.4, -0.2) is 4.57 Å². The molecule has 1 nitrogen and oxygen atoms in total. The van der Waals surface area contributed by atoms with Gasteiger partial charge in [0, 0.05) is 15.8 Å².